The fourth-order valence-corrected chi connectivity index (χ4v) is 2.44. The summed E-state index contributed by atoms with van der Waals surface area (Å²) in [5.41, 5.74) is 2.92. The van der Waals surface area contributed by atoms with E-state index in [0.29, 0.717) is 5.82 Å². The van der Waals surface area contributed by atoms with E-state index in [1.807, 2.05) is 101 Å². The molecule has 3 aromatic carbocycles. The lowest BCUT2D eigenvalue weighted by atomic mass is 10.2. The predicted octanol–water partition coefficient (Wildman–Crippen LogP) is -0.610. The molecule has 0 unspecified atom stereocenters. The monoisotopic (exact) mass is 352 g/mol. The van der Waals surface area contributed by atoms with E-state index in [4.69, 9.17) is 10.2 Å². The second-order valence-electron chi connectivity index (χ2n) is 5.14. The van der Waals surface area contributed by atoms with Crippen molar-refractivity contribution in [1.29, 1.82) is 0 Å². The number of halogens is 1. The maximum Gasteiger partial charge on any atom is 0.340 e. The molecular weight excluding hydrogens is 336 g/mol. The van der Waals surface area contributed by atoms with Gasteiger partial charge in [-0.25, -0.2) is 0 Å². The zero-order valence-electron chi connectivity index (χ0n) is 13.3. The number of hydrogen-bond donors (Lipinski definition) is 0. The van der Waals surface area contributed by atoms with Crippen LogP contribution in [-0.4, -0.2) is 20.5 Å². The Morgan fingerprint density at radius 1 is 0.680 bits per heavy atom. The van der Waals surface area contributed by atoms with Crippen molar-refractivity contribution in [1.82, 2.24) is 15.0 Å². The molecule has 6 heteroatoms. The van der Waals surface area contributed by atoms with Crippen LogP contribution in [0.1, 0.15) is 0 Å². The number of rotatable bonds is 3. The Bertz CT molecular complexity index is 855. The molecule has 4 rings (SSSR count). The molecule has 4 aromatic rings. The van der Waals surface area contributed by atoms with E-state index < -0.39 is 0 Å². The Morgan fingerprint density at radius 2 is 1.20 bits per heavy atom. The van der Waals surface area contributed by atoms with Gasteiger partial charge in [-0.05, 0) is 46.3 Å². The van der Waals surface area contributed by atoms with Crippen LogP contribution in [0.15, 0.2) is 91.0 Å². The number of benzene rings is 3. The molecule has 0 aliphatic heterocycles. The highest BCUT2D eigenvalue weighted by Gasteiger charge is 2.22. The van der Waals surface area contributed by atoms with Crippen molar-refractivity contribution in [2.24, 2.45) is 0 Å². The SMILES string of the molecule is O.[Cl-].c1ccc(-c2nn(-c3ccccc3)[n+](-c3ccccc3)n2)cc1. The van der Waals surface area contributed by atoms with E-state index in [9.17, 15) is 0 Å². The quantitative estimate of drug-likeness (QED) is 0.462. The minimum atomic E-state index is 0. The Balaban J connectivity index is 0.00000113. The highest BCUT2D eigenvalue weighted by Crippen LogP contribution is 2.14. The fraction of sp³-hybridized carbons (Fsp3) is 0. The van der Waals surface area contributed by atoms with Crippen molar-refractivity contribution in [2.45, 2.75) is 0 Å². The first-order valence-corrected chi connectivity index (χ1v) is 7.48. The highest BCUT2D eigenvalue weighted by molar-refractivity contribution is 5.53. The Kier molecular flexibility index (Phi) is 6.00. The van der Waals surface area contributed by atoms with Gasteiger partial charge < -0.3 is 17.9 Å². The normalized spacial score (nSPS) is 9.76. The van der Waals surface area contributed by atoms with E-state index in [0.717, 1.165) is 16.9 Å². The Hall–Kier alpha value is -3.02. The van der Waals surface area contributed by atoms with E-state index in [-0.39, 0.29) is 17.9 Å². The van der Waals surface area contributed by atoms with E-state index >= 15 is 0 Å². The van der Waals surface area contributed by atoms with Crippen LogP contribution in [0.25, 0.3) is 22.8 Å². The molecule has 0 saturated heterocycles. The van der Waals surface area contributed by atoms with Gasteiger partial charge in [0, 0.05) is 4.80 Å². The van der Waals surface area contributed by atoms with Gasteiger partial charge in [0.2, 0.25) is 0 Å². The lowest BCUT2D eigenvalue weighted by Gasteiger charge is -1.98. The number of tetrazole rings is 1. The summed E-state index contributed by atoms with van der Waals surface area (Å²) in [4.78, 5) is 3.63. The highest BCUT2D eigenvalue weighted by atomic mass is 35.5. The first-order chi connectivity index (χ1) is 11.4. The summed E-state index contributed by atoms with van der Waals surface area (Å²) in [5, 5.41) is 9.39. The first-order valence-electron chi connectivity index (χ1n) is 7.48. The van der Waals surface area contributed by atoms with Crippen LogP contribution in [0, 0.1) is 0 Å². The van der Waals surface area contributed by atoms with Gasteiger partial charge in [0.05, 0.1) is 10.7 Å². The van der Waals surface area contributed by atoms with Crippen LogP contribution in [0.4, 0.5) is 0 Å². The third-order valence-corrected chi connectivity index (χ3v) is 3.56. The number of nitrogens with zero attached hydrogens (tertiary/aromatic N) is 4. The Morgan fingerprint density at radius 3 is 1.80 bits per heavy atom. The van der Waals surface area contributed by atoms with Gasteiger partial charge in [-0.1, -0.05) is 54.6 Å². The molecule has 126 valence electrons. The minimum Gasteiger partial charge on any atom is -1.00 e. The maximum absolute atomic E-state index is 4.70. The van der Waals surface area contributed by atoms with Crippen molar-refractivity contribution in [3.05, 3.63) is 91.0 Å². The molecule has 0 bridgehead atoms. The lowest BCUT2D eigenvalue weighted by molar-refractivity contribution is -0.734. The summed E-state index contributed by atoms with van der Waals surface area (Å²) < 4.78 is 0. The van der Waals surface area contributed by atoms with E-state index in [1.165, 1.54) is 0 Å². The van der Waals surface area contributed by atoms with Crippen LogP contribution < -0.4 is 17.2 Å². The summed E-state index contributed by atoms with van der Waals surface area (Å²) in [5.74, 6) is 0.693. The standard InChI is InChI=1S/C19H15N4.ClH.H2O/c1-4-10-16(11-5-1)19-20-22(17-12-6-2-7-13-17)23(21-19)18-14-8-3-9-15-18;;/h1-15H;1H;1H2/q+1;;/p-1. The Labute approximate surface area is 151 Å². The minimum absolute atomic E-state index is 0. The van der Waals surface area contributed by atoms with Gasteiger partial charge in [-0.2, -0.15) is 0 Å². The van der Waals surface area contributed by atoms with Gasteiger partial charge in [0.1, 0.15) is 5.69 Å². The van der Waals surface area contributed by atoms with Crippen LogP contribution >= 0.6 is 0 Å². The smallest absolute Gasteiger partial charge is 0.340 e. The summed E-state index contributed by atoms with van der Waals surface area (Å²) in [6, 6.07) is 30.0. The zero-order valence-corrected chi connectivity index (χ0v) is 14.1. The molecule has 0 fully saturated rings. The number of hydrogen-bond acceptors (Lipinski definition) is 2. The van der Waals surface area contributed by atoms with Crippen molar-refractivity contribution in [2.75, 3.05) is 0 Å². The predicted molar refractivity (Wildman–Crippen MR) is 91.9 cm³/mol. The fourth-order valence-electron chi connectivity index (χ4n) is 2.44. The van der Waals surface area contributed by atoms with Gasteiger partial charge in [-0.15, -0.1) is 0 Å². The summed E-state index contributed by atoms with van der Waals surface area (Å²) in [6.45, 7) is 0. The average Bonchev–Trinajstić information content (AvgIpc) is 3.09. The molecule has 2 N–H and O–H groups in total. The first kappa shape index (κ1) is 18.3. The maximum atomic E-state index is 4.70. The van der Waals surface area contributed by atoms with Gasteiger partial charge in [0.25, 0.3) is 0 Å². The van der Waals surface area contributed by atoms with E-state index in [2.05, 4.69) is 0 Å². The second-order valence-corrected chi connectivity index (χ2v) is 5.14. The van der Waals surface area contributed by atoms with Gasteiger partial charge >= 0.3 is 5.82 Å². The molecule has 25 heavy (non-hydrogen) atoms. The second kappa shape index (κ2) is 8.19. The molecule has 0 aliphatic rings. The molecule has 0 spiro atoms. The molecule has 0 aliphatic carbocycles. The largest absolute Gasteiger partial charge is 1.00 e. The van der Waals surface area contributed by atoms with Crippen molar-refractivity contribution in [3.8, 4) is 22.8 Å². The summed E-state index contributed by atoms with van der Waals surface area (Å²) in [6.07, 6.45) is 0. The molecule has 5 nitrogen and oxygen atoms in total. The topological polar surface area (TPSA) is 66.1 Å². The zero-order chi connectivity index (χ0) is 15.5. The molecule has 1 aromatic heterocycles. The average molecular weight is 353 g/mol. The third kappa shape index (κ3) is 3.74. The molecule has 0 radical (unpaired) electrons. The van der Waals surface area contributed by atoms with Crippen molar-refractivity contribution < 1.29 is 22.7 Å². The molecule has 1 heterocycles. The van der Waals surface area contributed by atoms with Crippen molar-refractivity contribution >= 4 is 0 Å². The molecule has 0 amide bonds. The number of aromatic nitrogens is 4. The molecule has 0 saturated carbocycles. The van der Waals surface area contributed by atoms with Gasteiger partial charge in [-0.3, -0.25) is 0 Å². The summed E-state index contributed by atoms with van der Waals surface area (Å²) >= 11 is 0. The summed E-state index contributed by atoms with van der Waals surface area (Å²) in [7, 11) is 0. The lowest BCUT2D eigenvalue weighted by Crippen LogP contribution is -3.00. The molecular formula is C19H17ClN4O. The number of para-hydroxylation sites is 2. The van der Waals surface area contributed by atoms with Crippen LogP contribution in [0.3, 0.4) is 0 Å². The van der Waals surface area contributed by atoms with E-state index in [1.54, 1.807) is 0 Å². The van der Waals surface area contributed by atoms with Gasteiger partial charge in [0.15, 0.2) is 5.69 Å². The third-order valence-electron chi connectivity index (χ3n) is 3.56. The van der Waals surface area contributed by atoms with Crippen molar-refractivity contribution in [3.63, 3.8) is 0 Å². The van der Waals surface area contributed by atoms with Crippen LogP contribution in [-0.2, 0) is 0 Å². The van der Waals surface area contributed by atoms with Crippen LogP contribution in [0.2, 0.25) is 0 Å². The van der Waals surface area contributed by atoms with Crippen LogP contribution in [0.5, 0.6) is 0 Å². The molecule has 0 atom stereocenters.